The van der Waals surface area contributed by atoms with Crippen molar-refractivity contribution in [3.05, 3.63) is 48.0 Å². The number of nitrogens with one attached hydrogen (secondary N) is 1. The van der Waals surface area contributed by atoms with Crippen LogP contribution in [0.3, 0.4) is 0 Å². The first-order chi connectivity index (χ1) is 13.7. The van der Waals surface area contributed by atoms with Crippen LogP contribution in [0.15, 0.2) is 52.3 Å². The molecule has 0 bridgehead atoms. The molecule has 8 heteroatoms. The summed E-state index contributed by atoms with van der Waals surface area (Å²) in [5, 5.41) is 2.62. The summed E-state index contributed by atoms with van der Waals surface area (Å²) in [7, 11) is -2.02. The van der Waals surface area contributed by atoms with Crippen molar-refractivity contribution >= 4 is 44.8 Å². The zero-order valence-corrected chi connectivity index (χ0v) is 18.3. The second-order valence-corrected chi connectivity index (χ2v) is 10.4. The summed E-state index contributed by atoms with van der Waals surface area (Å²) in [6.45, 7) is 3.89. The molecule has 0 saturated carbocycles. The van der Waals surface area contributed by atoms with Crippen LogP contribution in [-0.4, -0.2) is 38.3 Å². The number of thioether (sulfide) groups is 1. The zero-order chi connectivity index (χ0) is 21.2. The number of amides is 2. The summed E-state index contributed by atoms with van der Waals surface area (Å²) in [5.74, 6) is -0.682. The molecule has 0 spiro atoms. The average molecular weight is 433 g/mol. The van der Waals surface area contributed by atoms with Gasteiger partial charge in [0.05, 0.1) is 21.6 Å². The number of carbonyl (C=O) groups is 2. The van der Waals surface area contributed by atoms with Gasteiger partial charge in [0.1, 0.15) is 0 Å². The van der Waals surface area contributed by atoms with Gasteiger partial charge in [0, 0.05) is 24.1 Å². The lowest BCUT2D eigenvalue weighted by Gasteiger charge is -2.23. The first-order valence-electron chi connectivity index (χ1n) is 9.39. The van der Waals surface area contributed by atoms with Gasteiger partial charge < -0.3 is 10.2 Å². The molecule has 29 heavy (non-hydrogen) atoms. The van der Waals surface area contributed by atoms with E-state index in [1.807, 2.05) is 38.1 Å². The number of benzene rings is 2. The van der Waals surface area contributed by atoms with Crippen LogP contribution in [0.1, 0.15) is 25.3 Å². The van der Waals surface area contributed by atoms with Crippen LogP contribution >= 0.6 is 11.8 Å². The molecule has 2 amide bonds. The molecular weight excluding hydrogens is 408 g/mol. The number of hydrogen-bond acceptors (Lipinski definition) is 5. The molecule has 0 fully saturated rings. The Morgan fingerprint density at radius 2 is 1.86 bits per heavy atom. The van der Waals surface area contributed by atoms with Crippen molar-refractivity contribution in [2.45, 2.75) is 41.7 Å². The smallest absolute Gasteiger partial charge is 0.237 e. The topological polar surface area (TPSA) is 83.6 Å². The van der Waals surface area contributed by atoms with E-state index in [1.165, 1.54) is 22.7 Å². The molecule has 0 aliphatic carbocycles. The van der Waals surface area contributed by atoms with Gasteiger partial charge in [-0.2, -0.15) is 0 Å². The molecule has 1 N–H and O–H groups in total. The Balaban J connectivity index is 1.70. The van der Waals surface area contributed by atoms with Gasteiger partial charge in [-0.15, -0.1) is 11.8 Å². The Bertz CT molecular complexity index is 1030. The molecule has 6 nitrogen and oxygen atoms in total. The standard InChI is InChI=1S/C21H24N2O4S2/c1-4-18-21(25)22-17-13-16(9-10-19(17)28-18)29(26,27)12-11-20(24)23(3)15-7-5-14(2)6-8-15/h5-10,13,18H,4,11-12H2,1-3H3,(H,22,25)/t18-/m0/s1. The van der Waals surface area contributed by atoms with E-state index in [0.717, 1.165) is 16.1 Å². The van der Waals surface area contributed by atoms with Crippen LogP contribution in [-0.2, 0) is 19.4 Å². The number of rotatable bonds is 6. The highest BCUT2D eigenvalue weighted by atomic mass is 32.2. The normalized spacial score (nSPS) is 16.1. The van der Waals surface area contributed by atoms with E-state index >= 15 is 0 Å². The molecule has 0 unspecified atom stereocenters. The molecule has 1 heterocycles. The predicted octanol–water partition coefficient (Wildman–Crippen LogP) is 3.64. The largest absolute Gasteiger partial charge is 0.324 e. The monoisotopic (exact) mass is 432 g/mol. The highest BCUT2D eigenvalue weighted by Gasteiger charge is 2.27. The number of fused-ring (bicyclic) bond motifs is 1. The van der Waals surface area contributed by atoms with Crippen molar-refractivity contribution in [1.82, 2.24) is 0 Å². The Morgan fingerprint density at radius 3 is 2.52 bits per heavy atom. The van der Waals surface area contributed by atoms with E-state index in [0.29, 0.717) is 12.1 Å². The van der Waals surface area contributed by atoms with Crippen LogP contribution in [0, 0.1) is 6.92 Å². The Hall–Kier alpha value is -2.32. The first-order valence-corrected chi connectivity index (χ1v) is 11.9. The molecule has 1 atom stereocenters. The predicted molar refractivity (Wildman–Crippen MR) is 116 cm³/mol. The van der Waals surface area contributed by atoms with Crippen LogP contribution in [0.4, 0.5) is 11.4 Å². The number of sulfone groups is 1. The average Bonchev–Trinajstić information content (AvgIpc) is 2.71. The van der Waals surface area contributed by atoms with Crippen LogP contribution in [0.25, 0.3) is 0 Å². The number of aryl methyl sites for hydroxylation is 1. The van der Waals surface area contributed by atoms with Crippen molar-refractivity contribution in [1.29, 1.82) is 0 Å². The summed E-state index contributed by atoms with van der Waals surface area (Å²) in [4.78, 5) is 26.9. The van der Waals surface area contributed by atoms with E-state index in [1.54, 1.807) is 19.2 Å². The van der Waals surface area contributed by atoms with Crippen LogP contribution < -0.4 is 10.2 Å². The van der Waals surface area contributed by atoms with Crippen molar-refractivity contribution < 1.29 is 18.0 Å². The summed E-state index contributed by atoms with van der Waals surface area (Å²) in [6.07, 6.45) is 0.579. The SMILES string of the molecule is CC[C@@H]1Sc2ccc(S(=O)(=O)CCC(=O)N(C)c3ccc(C)cc3)cc2NC1=O. The van der Waals surface area contributed by atoms with E-state index in [9.17, 15) is 18.0 Å². The molecule has 0 saturated heterocycles. The van der Waals surface area contributed by atoms with Gasteiger partial charge in [-0.1, -0.05) is 24.6 Å². The molecule has 2 aromatic carbocycles. The summed E-state index contributed by atoms with van der Waals surface area (Å²) >= 11 is 1.44. The number of anilines is 2. The fourth-order valence-electron chi connectivity index (χ4n) is 3.01. The lowest BCUT2D eigenvalue weighted by Crippen LogP contribution is -2.29. The van der Waals surface area contributed by atoms with Gasteiger partial charge in [0.15, 0.2) is 9.84 Å². The highest BCUT2D eigenvalue weighted by molar-refractivity contribution is 8.01. The minimum Gasteiger partial charge on any atom is -0.324 e. The molecule has 1 aliphatic rings. The highest BCUT2D eigenvalue weighted by Crippen LogP contribution is 2.38. The summed E-state index contributed by atoms with van der Waals surface area (Å²) < 4.78 is 25.5. The van der Waals surface area contributed by atoms with E-state index in [4.69, 9.17) is 0 Å². The molecule has 0 radical (unpaired) electrons. The molecule has 0 aromatic heterocycles. The molecular formula is C21H24N2O4S2. The molecule has 2 aromatic rings. The van der Waals surface area contributed by atoms with Gasteiger partial charge in [-0.25, -0.2) is 8.42 Å². The van der Waals surface area contributed by atoms with Gasteiger partial charge in [0.2, 0.25) is 11.8 Å². The van der Waals surface area contributed by atoms with Crippen molar-refractivity contribution in [2.75, 3.05) is 23.0 Å². The van der Waals surface area contributed by atoms with E-state index in [2.05, 4.69) is 5.32 Å². The Kier molecular flexibility index (Phi) is 6.33. The molecule has 154 valence electrons. The summed E-state index contributed by atoms with van der Waals surface area (Å²) in [5.41, 5.74) is 2.31. The maximum atomic E-state index is 12.7. The minimum atomic E-state index is -3.66. The maximum absolute atomic E-state index is 12.7. The van der Waals surface area contributed by atoms with Gasteiger partial charge in [-0.3, -0.25) is 9.59 Å². The van der Waals surface area contributed by atoms with Crippen molar-refractivity contribution in [3.8, 4) is 0 Å². The number of nitrogens with zero attached hydrogens (tertiary/aromatic N) is 1. The fourth-order valence-corrected chi connectivity index (χ4v) is 5.29. The van der Waals surface area contributed by atoms with Crippen molar-refractivity contribution in [3.63, 3.8) is 0 Å². The third-order valence-corrected chi connectivity index (χ3v) is 8.04. The summed E-state index contributed by atoms with van der Waals surface area (Å²) in [6, 6.07) is 12.2. The maximum Gasteiger partial charge on any atom is 0.237 e. The number of hydrogen-bond donors (Lipinski definition) is 1. The van der Waals surface area contributed by atoms with Crippen LogP contribution in [0.2, 0.25) is 0 Å². The third kappa shape index (κ3) is 4.82. The Labute approximate surface area is 175 Å². The van der Waals surface area contributed by atoms with Crippen molar-refractivity contribution in [2.24, 2.45) is 0 Å². The molecule has 3 rings (SSSR count). The van der Waals surface area contributed by atoms with Gasteiger partial charge >= 0.3 is 0 Å². The number of carbonyl (C=O) groups excluding carboxylic acids is 2. The second kappa shape index (κ2) is 8.59. The zero-order valence-electron chi connectivity index (χ0n) is 16.6. The van der Waals surface area contributed by atoms with Gasteiger partial charge in [0.25, 0.3) is 0 Å². The lowest BCUT2D eigenvalue weighted by atomic mass is 10.2. The second-order valence-electron chi connectivity index (χ2n) is 7.02. The third-order valence-electron chi connectivity index (χ3n) is 4.88. The van der Waals surface area contributed by atoms with Crippen LogP contribution in [0.5, 0.6) is 0 Å². The van der Waals surface area contributed by atoms with E-state index < -0.39 is 9.84 Å². The minimum absolute atomic E-state index is 0.109. The Morgan fingerprint density at radius 1 is 1.17 bits per heavy atom. The van der Waals surface area contributed by atoms with E-state index in [-0.39, 0.29) is 34.1 Å². The molecule has 1 aliphatic heterocycles. The quantitative estimate of drug-likeness (QED) is 0.753. The lowest BCUT2D eigenvalue weighted by molar-refractivity contribution is -0.118. The fraction of sp³-hybridized carbons (Fsp3) is 0.333. The first kappa shape index (κ1) is 21.4. The van der Waals surface area contributed by atoms with Gasteiger partial charge in [-0.05, 0) is 43.7 Å².